The average Bonchev–Trinajstić information content (AvgIpc) is 2.10. The summed E-state index contributed by atoms with van der Waals surface area (Å²) < 4.78 is 0. The lowest BCUT2D eigenvalue weighted by atomic mass is 10.1. The van der Waals surface area contributed by atoms with Crippen LogP contribution < -0.4 is 11.1 Å². The number of hydrogen-bond donors (Lipinski definition) is 3. The molecular formula is C6H15N3O. The standard InChI is InChI=1S/C5H10N2O.CH5N/c8-7-5-1-3-6-4-2-5;1-2/h6,8H,1-4H2;2H2,1H3. The highest BCUT2D eigenvalue weighted by atomic mass is 16.4. The Balaban J connectivity index is 0.000000371. The maximum Gasteiger partial charge on any atom is 0.0596 e. The molecule has 60 valence electrons. The van der Waals surface area contributed by atoms with E-state index in [1.807, 2.05) is 0 Å². The van der Waals surface area contributed by atoms with Gasteiger partial charge in [0.2, 0.25) is 0 Å². The molecule has 0 atom stereocenters. The normalized spacial score (nSPS) is 17.2. The molecule has 0 amide bonds. The van der Waals surface area contributed by atoms with Gasteiger partial charge in [0.25, 0.3) is 0 Å². The van der Waals surface area contributed by atoms with Crippen LogP contribution in [0.1, 0.15) is 12.8 Å². The second-order valence-corrected chi connectivity index (χ2v) is 1.92. The van der Waals surface area contributed by atoms with Gasteiger partial charge in [-0.1, -0.05) is 5.16 Å². The number of rotatable bonds is 0. The van der Waals surface area contributed by atoms with E-state index < -0.39 is 0 Å². The van der Waals surface area contributed by atoms with E-state index in [-0.39, 0.29) is 0 Å². The topological polar surface area (TPSA) is 70.6 Å². The molecule has 10 heavy (non-hydrogen) atoms. The summed E-state index contributed by atoms with van der Waals surface area (Å²) in [5, 5.41) is 14.5. The van der Waals surface area contributed by atoms with Crippen LogP contribution in [0.15, 0.2) is 5.16 Å². The highest BCUT2D eigenvalue weighted by molar-refractivity contribution is 5.84. The Labute approximate surface area is 61.1 Å². The molecule has 0 saturated carbocycles. The first-order chi connectivity index (χ1) is 4.93. The SMILES string of the molecule is CN.ON=C1CCNCC1. The Morgan fingerprint density at radius 2 is 1.90 bits per heavy atom. The van der Waals surface area contributed by atoms with Gasteiger partial charge in [-0.25, -0.2) is 0 Å². The number of oxime groups is 1. The molecule has 0 aromatic heterocycles. The van der Waals surface area contributed by atoms with Gasteiger partial charge in [-0.2, -0.15) is 0 Å². The summed E-state index contributed by atoms with van der Waals surface area (Å²) in [5.41, 5.74) is 5.42. The lowest BCUT2D eigenvalue weighted by molar-refractivity contribution is 0.314. The van der Waals surface area contributed by atoms with Gasteiger partial charge >= 0.3 is 0 Å². The molecule has 4 N–H and O–H groups in total. The van der Waals surface area contributed by atoms with Gasteiger partial charge in [0, 0.05) is 25.9 Å². The third kappa shape index (κ3) is 3.42. The van der Waals surface area contributed by atoms with Gasteiger partial charge in [0.1, 0.15) is 0 Å². The fourth-order valence-electron chi connectivity index (χ4n) is 0.815. The average molecular weight is 145 g/mol. The molecule has 0 spiro atoms. The predicted molar refractivity (Wildman–Crippen MR) is 41.4 cm³/mol. The smallest absolute Gasteiger partial charge is 0.0596 e. The van der Waals surface area contributed by atoms with E-state index in [1.165, 1.54) is 7.05 Å². The molecule has 0 aromatic rings. The molecule has 0 bridgehead atoms. The number of nitrogens with two attached hydrogens (primary N) is 1. The van der Waals surface area contributed by atoms with Crippen molar-refractivity contribution in [2.45, 2.75) is 12.8 Å². The van der Waals surface area contributed by atoms with Crippen molar-refractivity contribution in [1.82, 2.24) is 5.32 Å². The summed E-state index contributed by atoms with van der Waals surface area (Å²) in [4.78, 5) is 0. The molecular weight excluding hydrogens is 130 g/mol. The van der Waals surface area contributed by atoms with Crippen molar-refractivity contribution in [3.63, 3.8) is 0 Å². The monoisotopic (exact) mass is 145 g/mol. The molecule has 1 fully saturated rings. The zero-order valence-electron chi connectivity index (χ0n) is 6.30. The van der Waals surface area contributed by atoms with E-state index in [9.17, 15) is 0 Å². The quantitative estimate of drug-likeness (QED) is 0.326. The van der Waals surface area contributed by atoms with Gasteiger partial charge < -0.3 is 16.3 Å². The van der Waals surface area contributed by atoms with Gasteiger partial charge in [-0.05, 0) is 7.05 Å². The van der Waals surface area contributed by atoms with E-state index in [2.05, 4.69) is 16.2 Å². The van der Waals surface area contributed by atoms with Crippen LogP contribution in [-0.2, 0) is 0 Å². The van der Waals surface area contributed by atoms with Gasteiger partial charge in [0.15, 0.2) is 0 Å². The number of nitrogens with zero attached hydrogens (tertiary/aromatic N) is 1. The molecule has 1 heterocycles. The third-order valence-corrected chi connectivity index (χ3v) is 1.32. The molecule has 0 unspecified atom stereocenters. The molecule has 0 radical (unpaired) electrons. The Morgan fingerprint density at radius 1 is 1.40 bits per heavy atom. The van der Waals surface area contributed by atoms with Crippen LogP contribution in [0.25, 0.3) is 0 Å². The number of nitrogens with one attached hydrogen (secondary N) is 1. The van der Waals surface area contributed by atoms with E-state index in [0.29, 0.717) is 0 Å². The third-order valence-electron chi connectivity index (χ3n) is 1.32. The molecule has 1 aliphatic heterocycles. The zero-order chi connectivity index (χ0) is 7.82. The minimum absolute atomic E-state index is 0.899. The van der Waals surface area contributed by atoms with Crippen molar-refractivity contribution in [2.24, 2.45) is 10.9 Å². The Morgan fingerprint density at radius 3 is 2.20 bits per heavy atom. The first-order valence-electron chi connectivity index (χ1n) is 3.42. The van der Waals surface area contributed by atoms with Gasteiger partial charge in [-0.3, -0.25) is 0 Å². The van der Waals surface area contributed by atoms with Crippen LogP contribution in [0.4, 0.5) is 0 Å². The van der Waals surface area contributed by atoms with Gasteiger partial charge in [-0.15, -0.1) is 0 Å². The van der Waals surface area contributed by atoms with Crippen molar-refractivity contribution >= 4 is 5.71 Å². The van der Waals surface area contributed by atoms with E-state index in [0.717, 1.165) is 31.6 Å². The van der Waals surface area contributed by atoms with Crippen LogP contribution in [0.5, 0.6) is 0 Å². The van der Waals surface area contributed by atoms with E-state index >= 15 is 0 Å². The molecule has 0 aliphatic carbocycles. The number of hydrogen-bond acceptors (Lipinski definition) is 4. The molecule has 4 nitrogen and oxygen atoms in total. The Kier molecular flexibility index (Phi) is 6.11. The second kappa shape index (κ2) is 6.51. The first kappa shape index (κ1) is 9.39. The summed E-state index contributed by atoms with van der Waals surface area (Å²) in [6.45, 7) is 1.92. The Hall–Kier alpha value is -0.610. The largest absolute Gasteiger partial charge is 0.411 e. The van der Waals surface area contributed by atoms with Crippen molar-refractivity contribution < 1.29 is 5.21 Å². The first-order valence-corrected chi connectivity index (χ1v) is 3.42. The van der Waals surface area contributed by atoms with E-state index in [1.54, 1.807) is 0 Å². The summed E-state index contributed by atoms with van der Waals surface area (Å²) in [5.74, 6) is 0. The Bertz CT molecular complexity index is 95.2. The maximum atomic E-state index is 8.25. The van der Waals surface area contributed by atoms with Crippen LogP contribution in [-0.4, -0.2) is 31.1 Å². The number of piperidine rings is 1. The summed E-state index contributed by atoms with van der Waals surface area (Å²) >= 11 is 0. The maximum absolute atomic E-state index is 8.25. The predicted octanol–water partition coefficient (Wildman–Crippen LogP) is -0.225. The summed E-state index contributed by atoms with van der Waals surface area (Å²) in [7, 11) is 1.50. The van der Waals surface area contributed by atoms with Crippen LogP contribution >= 0.6 is 0 Å². The van der Waals surface area contributed by atoms with Crippen LogP contribution in [0, 0.1) is 0 Å². The minimum Gasteiger partial charge on any atom is -0.411 e. The van der Waals surface area contributed by atoms with Crippen molar-refractivity contribution in [3.05, 3.63) is 0 Å². The van der Waals surface area contributed by atoms with Crippen LogP contribution in [0.3, 0.4) is 0 Å². The van der Waals surface area contributed by atoms with E-state index in [4.69, 9.17) is 5.21 Å². The van der Waals surface area contributed by atoms with Crippen molar-refractivity contribution in [3.8, 4) is 0 Å². The molecule has 1 rings (SSSR count). The summed E-state index contributed by atoms with van der Waals surface area (Å²) in [6, 6.07) is 0. The second-order valence-electron chi connectivity index (χ2n) is 1.92. The zero-order valence-corrected chi connectivity index (χ0v) is 6.30. The summed E-state index contributed by atoms with van der Waals surface area (Å²) in [6.07, 6.45) is 1.80. The molecule has 1 saturated heterocycles. The molecule has 4 heteroatoms. The van der Waals surface area contributed by atoms with Crippen molar-refractivity contribution in [1.29, 1.82) is 0 Å². The molecule has 0 aromatic carbocycles. The highest BCUT2D eigenvalue weighted by Gasteiger charge is 2.04. The molecule has 1 aliphatic rings. The van der Waals surface area contributed by atoms with Crippen LogP contribution in [0.2, 0.25) is 0 Å². The fraction of sp³-hybridized carbons (Fsp3) is 0.833. The fourth-order valence-corrected chi connectivity index (χ4v) is 0.815. The highest BCUT2D eigenvalue weighted by Crippen LogP contribution is 1.95. The minimum atomic E-state index is 0.899. The van der Waals surface area contributed by atoms with Gasteiger partial charge in [0.05, 0.1) is 5.71 Å². The van der Waals surface area contributed by atoms with Crippen molar-refractivity contribution in [2.75, 3.05) is 20.1 Å². The lowest BCUT2D eigenvalue weighted by Gasteiger charge is -2.11. The lowest BCUT2D eigenvalue weighted by Crippen LogP contribution is -2.27.